The highest BCUT2D eigenvalue weighted by molar-refractivity contribution is 5.90. The summed E-state index contributed by atoms with van der Waals surface area (Å²) in [6, 6.07) is 7.58. The fourth-order valence-electron chi connectivity index (χ4n) is 1.92. The molecule has 0 saturated carbocycles. The van der Waals surface area contributed by atoms with E-state index in [9.17, 15) is 14.4 Å². The van der Waals surface area contributed by atoms with Crippen LogP contribution in [0.25, 0.3) is 10.9 Å². The molecule has 0 bridgehead atoms. The molecule has 4 N–H and O–H groups in total. The number of carboxylic acids is 1. The molecule has 0 saturated heterocycles. The Hall–Kier alpha value is -2.83. The predicted octanol–water partition coefficient (Wildman–Crippen LogP) is 0.723. The Labute approximate surface area is 120 Å². The lowest BCUT2D eigenvalue weighted by Gasteiger charge is -2.06. The first-order chi connectivity index (χ1) is 10.1. The third kappa shape index (κ3) is 4.07. The molecule has 1 heterocycles. The van der Waals surface area contributed by atoms with Crippen LogP contribution in [0.2, 0.25) is 0 Å². The largest absolute Gasteiger partial charge is 0.481 e. The van der Waals surface area contributed by atoms with Gasteiger partial charge in [-0.3, -0.25) is 25.2 Å². The van der Waals surface area contributed by atoms with Gasteiger partial charge in [-0.1, -0.05) is 18.2 Å². The molecule has 0 aliphatic heterocycles. The van der Waals surface area contributed by atoms with E-state index in [1.165, 1.54) is 0 Å². The summed E-state index contributed by atoms with van der Waals surface area (Å²) in [5.74, 6) is -1.97. The van der Waals surface area contributed by atoms with Crippen molar-refractivity contribution in [3.63, 3.8) is 0 Å². The minimum absolute atomic E-state index is 0.114. The van der Waals surface area contributed by atoms with Crippen LogP contribution in [0.5, 0.6) is 0 Å². The van der Waals surface area contributed by atoms with Crippen molar-refractivity contribution >= 4 is 28.7 Å². The lowest BCUT2D eigenvalue weighted by atomic mass is 10.1. The van der Waals surface area contributed by atoms with Crippen LogP contribution < -0.4 is 10.9 Å². The van der Waals surface area contributed by atoms with Crippen molar-refractivity contribution in [2.24, 2.45) is 0 Å². The Morgan fingerprint density at radius 2 is 1.76 bits per heavy atom. The molecular weight excluding hydrogens is 274 g/mol. The Morgan fingerprint density at radius 3 is 2.52 bits per heavy atom. The fourth-order valence-corrected chi connectivity index (χ4v) is 1.92. The van der Waals surface area contributed by atoms with Gasteiger partial charge in [0, 0.05) is 23.5 Å². The topological polar surface area (TPSA) is 111 Å². The van der Waals surface area contributed by atoms with E-state index in [2.05, 4.69) is 15.8 Å². The van der Waals surface area contributed by atoms with Gasteiger partial charge in [-0.15, -0.1) is 0 Å². The highest BCUT2D eigenvalue weighted by atomic mass is 16.4. The maximum Gasteiger partial charge on any atom is 0.303 e. The Bertz CT molecular complexity index is 678. The third-order valence-electron chi connectivity index (χ3n) is 2.93. The monoisotopic (exact) mass is 289 g/mol. The van der Waals surface area contributed by atoms with E-state index in [1.54, 1.807) is 6.20 Å². The summed E-state index contributed by atoms with van der Waals surface area (Å²) in [6.07, 6.45) is 1.41. The number of amides is 2. The van der Waals surface area contributed by atoms with Crippen LogP contribution in [0.15, 0.2) is 30.5 Å². The number of benzene rings is 1. The molecule has 0 aliphatic rings. The molecule has 1 aromatic carbocycles. The van der Waals surface area contributed by atoms with Crippen LogP contribution in [-0.4, -0.2) is 27.9 Å². The number of hydrazine groups is 1. The number of fused-ring (bicyclic) bond motifs is 1. The molecule has 2 rings (SSSR count). The number of hydrogen-bond acceptors (Lipinski definition) is 3. The van der Waals surface area contributed by atoms with Crippen LogP contribution in [-0.2, 0) is 20.8 Å². The van der Waals surface area contributed by atoms with E-state index in [4.69, 9.17) is 5.11 Å². The minimum atomic E-state index is -1.06. The summed E-state index contributed by atoms with van der Waals surface area (Å²) >= 11 is 0. The number of carbonyl (C=O) groups is 3. The molecule has 0 fully saturated rings. The summed E-state index contributed by atoms with van der Waals surface area (Å²) in [5.41, 5.74) is 6.21. The highest BCUT2D eigenvalue weighted by Crippen LogP contribution is 2.17. The second-order valence-electron chi connectivity index (χ2n) is 4.53. The number of rotatable bonds is 5. The average Bonchev–Trinajstić information content (AvgIpc) is 2.86. The molecule has 2 amide bonds. The number of aliphatic carboxylic acids is 1. The van der Waals surface area contributed by atoms with Crippen LogP contribution in [0, 0.1) is 0 Å². The van der Waals surface area contributed by atoms with Crippen molar-refractivity contribution in [1.82, 2.24) is 15.8 Å². The van der Waals surface area contributed by atoms with Gasteiger partial charge in [0.25, 0.3) is 0 Å². The van der Waals surface area contributed by atoms with Gasteiger partial charge in [-0.05, 0) is 11.6 Å². The lowest BCUT2D eigenvalue weighted by molar-refractivity contribution is -0.139. The SMILES string of the molecule is O=C(O)CCC(=O)NNC(=O)Cc1c[nH]c2ccccc12. The predicted molar refractivity (Wildman–Crippen MR) is 75.2 cm³/mol. The number of nitrogens with one attached hydrogen (secondary N) is 3. The number of para-hydroxylation sites is 1. The maximum atomic E-state index is 11.7. The van der Waals surface area contributed by atoms with Crippen molar-refractivity contribution < 1.29 is 19.5 Å². The quantitative estimate of drug-likeness (QED) is 0.608. The second kappa shape index (κ2) is 6.56. The smallest absolute Gasteiger partial charge is 0.303 e. The van der Waals surface area contributed by atoms with Gasteiger partial charge in [0.05, 0.1) is 12.8 Å². The molecule has 0 atom stereocenters. The molecule has 0 radical (unpaired) electrons. The van der Waals surface area contributed by atoms with Gasteiger partial charge in [-0.2, -0.15) is 0 Å². The molecule has 7 nitrogen and oxygen atoms in total. The molecule has 1 aromatic heterocycles. The van der Waals surface area contributed by atoms with Crippen molar-refractivity contribution in [2.75, 3.05) is 0 Å². The zero-order valence-electron chi connectivity index (χ0n) is 11.2. The fraction of sp³-hybridized carbons (Fsp3) is 0.214. The van der Waals surface area contributed by atoms with Crippen LogP contribution in [0.1, 0.15) is 18.4 Å². The van der Waals surface area contributed by atoms with Crippen LogP contribution in [0.3, 0.4) is 0 Å². The number of aromatic nitrogens is 1. The zero-order valence-corrected chi connectivity index (χ0v) is 11.2. The number of carbonyl (C=O) groups excluding carboxylic acids is 2. The van der Waals surface area contributed by atoms with E-state index in [1.807, 2.05) is 24.3 Å². The van der Waals surface area contributed by atoms with E-state index in [-0.39, 0.29) is 25.2 Å². The first-order valence-electron chi connectivity index (χ1n) is 6.40. The standard InChI is InChI=1S/C14H15N3O4/c18-12(5-6-14(20)21)16-17-13(19)7-9-8-15-11-4-2-1-3-10(9)11/h1-4,8,15H,5-7H2,(H,16,18)(H,17,19)(H,20,21). The number of hydrogen-bond donors (Lipinski definition) is 4. The summed E-state index contributed by atoms with van der Waals surface area (Å²) in [7, 11) is 0. The maximum absolute atomic E-state index is 11.7. The van der Waals surface area contributed by atoms with Gasteiger partial charge in [0.15, 0.2) is 0 Å². The van der Waals surface area contributed by atoms with Crippen molar-refractivity contribution in [3.05, 3.63) is 36.0 Å². The first kappa shape index (κ1) is 14.6. The van der Waals surface area contributed by atoms with Crippen molar-refractivity contribution in [2.45, 2.75) is 19.3 Å². The zero-order chi connectivity index (χ0) is 15.2. The van der Waals surface area contributed by atoms with Gasteiger partial charge in [0.1, 0.15) is 0 Å². The Morgan fingerprint density at radius 1 is 1.05 bits per heavy atom. The second-order valence-corrected chi connectivity index (χ2v) is 4.53. The van der Waals surface area contributed by atoms with E-state index < -0.39 is 11.9 Å². The van der Waals surface area contributed by atoms with E-state index >= 15 is 0 Å². The molecule has 2 aromatic rings. The van der Waals surface area contributed by atoms with E-state index in [0.29, 0.717) is 0 Å². The van der Waals surface area contributed by atoms with Crippen molar-refractivity contribution in [1.29, 1.82) is 0 Å². The number of H-pyrrole nitrogens is 1. The third-order valence-corrected chi connectivity index (χ3v) is 2.93. The minimum Gasteiger partial charge on any atom is -0.481 e. The van der Waals surface area contributed by atoms with Gasteiger partial charge in [-0.25, -0.2) is 0 Å². The lowest BCUT2D eigenvalue weighted by Crippen LogP contribution is -2.42. The van der Waals surface area contributed by atoms with Crippen molar-refractivity contribution in [3.8, 4) is 0 Å². The average molecular weight is 289 g/mol. The molecule has 110 valence electrons. The molecule has 0 aliphatic carbocycles. The van der Waals surface area contributed by atoms with Crippen LogP contribution in [0.4, 0.5) is 0 Å². The van der Waals surface area contributed by atoms with E-state index in [0.717, 1.165) is 16.5 Å². The Kier molecular flexibility index (Phi) is 4.55. The molecular formula is C14H15N3O4. The summed E-state index contributed by atoms with van der Waals surface area (Å²) in [4.78, 5) is 36.4. The molecule has 0 unspecified atom stereocenters. The summed E-state index contributed by atoms with van der Waals surface area (Å²) in [5, 5.41) is 9.39. The Balaban J connectivity index is 1.85. The summed E-state index contributed by atoms with van der Waals surface area (Å²) < 4.78 is 0. The molecule has 0 spiro atoms. The number of carboxylic acid groups (broad SMARTS) is 1. The van der Waals surface area contributed by atoms with Gasteiger partial charge < -0.3 is 10.1 Å². The molecule has 21 heavy (non-hydrogen) atoms. The first-order valence-corrected chi connectivity index (χ1v) is 6.40. The van der Waals surface area contributed by atoms with Gasteiger partial charge in [0.2, 0.25) is 11.8 Å². The summed E-state index contributed by atoms with van der Waals surface area (Å²) in [6.45, 7) is 0. The molecule has 7 heteroatoms. The number of aromatic amines is 1. The normalized spacial score (nSPS) is 10.3. The van der Waals surface area contributed by atoms with Gasteiger partial charge >= 0.3 is 5.97 Å². The van der Waals surface area contributed by atoms with Crippen LogP contribution >= 0.6 is 0 Å². The highest BCUT2D eigenvalue weighted by Gasteiger charge is 2.10.